The number of benzene rings is 1. The van der Waals surface area contributed by atoms with E-state index in [1.807, 2.05) is 0 Å². The fraction of sp³-hybridized carbons (Fsp3) is 0.0909. The third-order valence-corrected chi connectivity index (χ3v) is 3.51. The molecule has 2 N–H and O–H groups in total. The maximum Gasteiger partial charge on any atom is 0.163 e. The first-order chi connectivity index (χ1) is 7.99. The van der Waals surface area contributed by atoms with E-state index in [1.54, 1.807) is 6.92 Å². The van der Waals surface area contributed by atoms with Gasteiger partial charge in [0.1, 0.15) is 11.6 Å². The van der Waals surface area contributed by atoms with Crippen LogP contribution in [0.15, 0.2) is 22.7 Å². The lowest BCUT2D eigenvalue weighted by Gasteiger charge is -2.07. The molecule has 2 rings (SSSR count). The standard InChI is InChI=1S/C11H8BrClFN3/c1-5-9(12)10(15)17-11(16-5)7-3-2-6(14)4-8(7)13/h2-4H,1H3,(H2,15,16,17). The van der Waals surface area contributed by atoms with Gasteiger partial charge in [0, 0.05) is 5.56 Å². The van der Waals surface area contributed by atoms with Crippen molar-refractivity contribution in [1.82, 2.24) is 9.97 Å². The molecule has 17 heavy (non-hydrogen) atoms. The monoisotopic (exact) mass is 315 g/mol. The molecule has 0 atom stereocenters. The van der Waals surface area contributed by atoms with E-state index < -0.39 is 5.82 Å². The molecule has 0 aliphatic heterocycles. The van der Waals surface area contributed by atoms with Crippen LogP contribution >= 0.6 is 27.5 Å². The van der Waals surface area contributed by atoms with Crippen LogP contribution in [-0.2, 0) is 0 Å². The summed E-state index contributed by atoms with van der Waals surface area (Å²) >= 11 is 9.21. The molecule has 0 fully saturated rings. The molecule has 0 aliphatic carbocycles. The highest BCUT2D eigenvalue weighted by atomic mass is 79.9. The lowest BCUT2D eigenvalue weighted by Crippen LogP contribution is -2.00. The van der Waals surface area contributed by atoms with Crippen molar-refractivity contribution in [3.05, 3.63) is 39.2 Å². The molecular formula is C11H8BrClFN3. The van der Waals surface area contributed by atoms with Crippen LogP contribution in [0.1, 0.15) is 5.69 Å². The number of nitrogens with zero attached hydrogens (tertiary/aromatic N) is 2. The third-order valence-electron chi connectivity index (χ3n) is 2.21. The lowest BCUT2D eigenvalue weighted by molar-refractivity contribution is 0.628. The Morgan fingerprint density at radius 3 is 2.65 bits per heavy atom. The summed E-state index contributed by atoms with van der Waals surface area (Å²) in [6.07, 6.45) is 0. The summed E-state index contributed by atoms with van der Waals surface area (Å²) in [5, 5.41) is 0.256. The molecule has 2 aromatic rings. The molecule has 3 nitrogen and oxygen atoms in total. The largest absolute Gasteiger partial charge is 0.383 e. The van der Waals surface area contributed by atoms with Gasteiger partial charge in [-0.05, 0) is 41.1 Å². The predicted octanol–water partition coefficient (Wildman–Crippen LogP) is 3.59. The van der Waals surface area contributed by atoms with E-state index in [-0.39, 0.29) is 5.02 Å². The molecular weight excluding hydrogens is 308 g/mol. The molecule has 0 radical (unpaired) electrons. The zero-order valence-corrected chi connectivity index (χ0v) is 11.2. The Morgan fingerprint density at radius 1 is 1.35 bits per heavy atom. The fourth-order valence-corrected chi connectivity index (χ4v) is 1.80. The van der Waals surface area contributed by atoms with Crippen molar-refractivity contribution in [3.63, 3.8) is 0 Å². The summed E-state index contributed by atoms with van der Waals surface area (Å²) in [7, 11) is 0. The second-order valence-electron chi connectivity index (χ2n) is 3.46. The van der Waals surface area contributed by atoms with E-state index in [9.17, 15) is 4.39 Å². The van der Waals surface area contributed by atoms with E-state index in [2.05, 4.69) is 25.9 Å². The number of hydrogen-bond acceptors (Lipinski definition) is 3. The number of rotatable bonds is 1. The summed E-state index contributed by atoms with van der Waals surface area (Å²) in [6.45, 7) is 1.79. The Bertz CT molecular complexity index is 566. The van der Waals surface area contributed by atoms with Gasteiger partial charge in [0.05, 0.1) is 15.2 Å². The molecule has 0 unspecified atom stereocenters. The van der Waals surface area contributed by atoms with Gasteiger partial charge in [0.2, 0.25) is 0 Å². The van der Waals surface area contributed by atoms with Crippen molar-refractivity contribution in [2.75, 3.05) is 5.73 Å². The van der Waals surface area contributed by atoms with Gasteiger partial charge < -0.3 is 5.73 Å². The van der Waals surface area contributed by atoms with Crippen LogP contribution < -0.4 is 5.73 Å². The van der Waals surface area contributed by atoms with Crippen molar-refractivity contribution >= 4 is 33.3 Å². The summed E-state index contributed by atoms with van der Waals surface area (Å²) in [6, 6.07) is 4.05. The van der Waals surface area contributed by atoms with Gasteiger partial charge in [-0.25, -0.2) is 14.4 Å². The second-order valence-corrected chi connectivity index (χ2v) is 4.66. The van der Waals surface area contributed by atoms with Crippen molar-refractivity contribution in [2.45, 2.75) is 6.92 Å². The molecule has 88 valence electrons. The van der Waals surface area contributed by atoms with Crippen LogP contribution in [0.4, 0.5) is 10.2 Å². The quantitative estimate of drug-likeness (QED) is 0.874. The van der Waals surface area contributed by atoms with Gasteiger partial charge >= 0.3 is 0 Å². The third kappa shape index (κ3) is 2.40. The van der Waals surface area contributed by atoms with Crippen molar-refractivity contribution < 1.29 is 4.39 Å². The summed E-state index contributed by atoms with van der Waals surface area (Å²) in [4.78, 5) is 8.36. The Balaban J connectivity index is 2.61. The minimum Gasteiger partial charge on any atom is -0.383 e. The molecule has 0 aliphatic rings. The van der Waals surface area contributed by atoms with E-state index in [1.165, 1.54) is 18.2 Å². The topological polar surface area (TPSA) is 51.8 Å². The van der Waals surface area contributed by atoms with Crippen LogP contribution in [0.3, 0.4) is 0 Å². The van der Waals surface area contributed by atoms with Crippen LogP contribution in [0.25, 0.3) is 11.4 Å². The molecule has 6 heteroatoms. The first-order valence-electron chi connectivity index (χ1n) is 4.74. The average Bonchev–Trinajstić information content (AvgIpc) is 2.25. The van der Waals surface area contributed by atoms with Crippen LogP contribution in [0.5, 0.6) is 0 Å². The molecule has 0 bridgehead atoms. The first-order valence-corrected chi connectivity index (χ1v) is 5.91. The maximum atomic E-state index is 12.9. The average molecular weight is 317 g/mol. The minimum atomic E-state index is -0.402. The summed E-state index contributed by atoms with van der Waals surface area (Å²) < 4.78 is 13.6. The van der Waals surface area contributed by atoms with Crippen molar-refractivity contribution in [2.24, 2.45) is 0 Å². The normalized spacial score (nSPS) is 10.6. The minimum absolute atomic E-state index is 0.256. The van der Waals surface area contributed by atoms with Crippen LogP contribution in [-0.4, -0.2) is 9.97 Å². The number of anilines is 1. The van der Waals surface area contributed by atoms with Crippen LogP contribution in [0, 0.1) is 12.7 Å². The van der Waals surface area contributed by atoms with Gasteiger partial charge in [-0.1, -0.05) is 11.6 Å². The Hall–Kier alpha value is -1.20. The smallest absolute Gasteiger partial charge is 0.163 e. The summed E-state index contributed by atoms with van der Waals surface area (Å²) in [5.74, 6) is 0.307. The van der Waals surface area contributed by atoms with Crippen LogP contribution in [0.2, 0.25) is 5.02 Å². The van der Waals surface area contributed by atoms with Gasteiger partial charge in [-0.3, -0.25) is 0 Å². The molecule has 1 aromatic heterocycles. The highest BCUT2D eigenvalue weighted by molar-refractivity contribution is 9.10. The number of nitrogen functional groups attached to an aromatic ring is 1. The highest BCUT2D eigenvalue weighted by Crippen LogP contribution is 2.29. The van der Waals surface area contributed by atoms with E-state index in [0.29, 0.717) is 27.4 Å². The van der Waals surface area contributed by atoms with E-state index in [0.717, 1.165) is 0 Å². The fourth-order valence-electron chi connectivity index (χ4n) is 1.37. The van der Waals surface area contributed by atoms with Gasteiger partial charge in [0.25, 0.3) is 0 Å². The lowest BCUT2D eigenvalue weighted by atomic mass is 10.2. The SMILES string of the molecule is Cc1nc(-c2ccc(F)cc2Cl)nc(N)c1Br. The Labute approximate surface area is 111 Å². The number of hydrogen-bond donors (Lipinski definition) is 1. The van der Waals surface area contributed by atoms with Crippen molar-refractivity contribution in [3.8, 4) is 11.4 Å². The number of halogens is 3. The van der Waals surface area contributed by atoms with Gasteiger partial charge in [-0.15, -0.1) is 0 Å². The molecule has 0 saturated carbocycles. The number of aromatic nitrogens is 2. The number of aryl methyl sites for hydroxylation is 1. The molecule has 1 heterocycles. The Morgan fingerprint density at radius 2 is 2.06 bits per heavy atom. The van der Waals surface area contributed by atoms with E-state index >= 15 is 0 Å². The van der Waals surface area contributed by atoms with E-state index in [4.69, 9.17) is 17.3 Å². The summed E-state index contributed by atoms with van der Waals surface area (Å²) in [5.41, 5.74) is 6.98. The second kappa shape index (κ2) is 4.58. The zero-order valence-electron chi connectivity index (χ0n) is 8.84. The van der Waals surface area contributed by atoms with Gasteiger partial charge in [0.15, 0.2) is 5.82 Å². The number of nitrogens with two attached hydrogens (primary N) is 1. The Kier molecular flexibility index (Phi) is 3.31. The molecule has 0 spiro atoms. The van der Waals surface area contributed by atoms with Gasteiger partial charge in [-0.2, -0.15) is 0 Å². The maximum absolute atomic E-state index is 12.9. The molecule has 0 saturated heterocycles. The molecule has 0 amide bonds. The zero-order chi connectivity index (χ0) is 12.6. The predicted molar refractivity (Wildman–Crippen MR) is 69.3 cm³/mol. The molecule has 1 aromatic carbocycles. The van der Waals surface area contributed by atoms with Crippen molar-refractivity contribution in [1.29, 1.82) is 0 Å². The highest BCUT2D eigenvalue weighted by Gasteiger charge is 2.11. The first kappa shape index (κ1) is 12.3.